The van der Waals surface area contributed by atoms with E-state index in [0.29, 0.717) is 11.6 Å². The van der Waals surface area contributed by atoms with E-state index in [2.05, 4.69) is 10.0 Å². The molecule has 1 aromatic carbocycles. The van der Waals surface area contributed by atoms with E-state index in [9.17, 15) is 18.5 Å². The average Bonchev–Trinajstić information content (AvgIpc) is 2.35. The highest BCUT2D eigenvalue weighted by Crippen LogP contribution is 2.32. The van der Waals surface area contributed by atoms with E-state index in [1.807, 2.05) is 0 Å². The molecule has 0 amide bonds. The van der Waals surface area contributed by atoms with Crippen molar-refractivity contribution in [2.75, 3.05) is 12.4 Å². The zero-order valence-corrected chi connectivity index (χ0v) is 12.8. The summed E-state index contributed by atoms with van der Waals surface area (Å²) in [6.45, 7) is 1.80. The van der Waals surface area contributed by atoms with Gasteiger partial charge in [-0.1, -0.05) is 6.42 Å². The second kappa shape index (κ2) is 5.98. The standard InChI is InChI=1S/C13H19N3O4S/c1-9(10-4-3-5-10)15-21(19,20)13-8-11(14-2)6-7-12(13)16(17)18/h6-10,14-15H,3-5H2,1-2H3. The highest BCUT2D eigenvalue weighted by atomic mass is 32.2. The third-order valence-corrected chi connectivity index (χ3v) is 5.52. The first kappa shape index (κ1) is 15.7. The summed E-state index contributed by atoms with van der Waals surface area (Å²) in [5.74, 6) is 0.311. The molecular formula is C13H19N3O4S. The van der Waals surface area contributed by atoms with E-state index < -0.39 is 20.6 Å². The van der Waals surface area contributed by atoms with Gasteiger partial charge in [0, 0.05) is 24.8 Å². The van der Waals surface area contributed by atoms with Crippen molar-refractivity contribution in [1.29, 1.82) is 0 Å². The van der Waals surface area contributed by atoms with Crippen LogP contribution in [0.3, 0.4) is 0 Å². The lowest BCUT2D eigenvalue weighted by Crippen LogP contribution is -2.40. The lowest BCUT2D eigenvalue weighted by atomic mass is 9.81. The minimum atomic E-state index is -3.92. The number of nitro benzene ring substituents is 1. The van der Waals surface area contributed by atoms with Crippen LogP contribution < -0.4 is 10.0 Å². The van der Waals surface area contributed by atoms with Gasteiger partial charge in [-0.05, 0) is 37.8 Å². The largest absolute Gasteiger partial charge is 0.388 e. The summed E-state index contributed by atoms with van der Waals surface area (Å²) in [5, 5.41) is 13.8. The van der Waals surface area contributed by atoms with Gasteiger partial charge in [-0.2, -0.15) is 0 Å². The van der Waals surface area contributed by atoms with Crippen LogP contribution >= 0.6 is 0 Å². The maximum Gasteiger partial charge on any atom is 0.289 e. The Bertz CT molecular complexity index is 641. The molecule has 0 saturated heterocycles. The topological polar surface area (TPSA) is 101 Å². The third kappa shape index (κ3) is 3.33. The van der Waals surface area contributed by atoms with Gasteiger partial charge in [-0.25, -0.2) is 13.1 Å². The van der Waals surface area contributed by atoms with E-state index in [1.54, 1.807) is 14.0 Å². The minimum absolute atomic E-state index is 0.221. The lowest BCUT2D eigenvalue weighted by Gasteiger charge is -2.31. The van der Waals surface area contributed by atoms with Crippen LogP contribution in [-0.4, -0.2) is 26.4 Å². The lowest BCUT2D eigenvalue weighted by molar-refractivity contribution is -0.387. The van der Waals surface area contributed by atoms with Crippen molar-refractivity contribution in [1.82, 2.24) is 4.72 Å². The van der Waals surface area contributed by atoms with Crippen LogP contribution in [0.25, 0.3) is 0 Å². The van der Waals surface area contributed by atoms with Gasteiger partial charge < -0.3 is 5.32 Å². The van der Waals surface area contributed by atoms with Gasteiger partial charge in [-0.3, -0.25) is 10.1 Å². The Morgan fingerprint density at radius 3 is 2.52 bits per heavy atom. The van der Waals surface area contributed by atoms with E-state index >= 15 is 0 Å². The molecule has 1 aliphatic carbocycles. The number of hydrogen-bond donors (Lipinski definition) is 2. The highest BCUT2D eigenvalue weighted by molar-refractivity contribution is 7.89. The first-order valence-corrected chi connectivity index (χ1v) is 8.32. The molecule has 1 aliphatic rings. The molecule has 1 aromatic rings. The average molecular weight is 313 g/mol. The zero-order chi connectivity index (χ0) is 15.6. The Kier molecular flexibility index (Phi) is 4.48. The quantitative estimate of drug-likeness (QED) is 0.618. The second-order valence-electron chi connectivity index (χ2n) is 5.29. The smallest absolute Gasteiger partial charge is 0.289 e. The van der Waals surface area contributed by atoms with Gasteiger partial charge in [0.25, 0.3) is 5.69 Å². The minimum Gasteiger partial charge on any atom is -0.388 e. The molecule has 0 bridgehead atoms. The van der Waals surface area contributed by atoms with E-state index in [0.717, 1.165) is 19.3 Å². The summed E-state index contributed by atoms with van der Waals surface area (Å²) in [7, 11) is -2.29. The predicted octanol–water partition coefficient (Wildman–Crippen LogP) is 2.10. The van der Waals surface area contributed by atoms with Crippen LogP contribution in [-0.2, 0) is 10.0 Å². The van der Waals surface area contributed by atoms with Crippen molar-refractivity contribution in [2.24, 2.45) is 5.92 Å². The van der Waals surface area contributed by atoms with Gasteiger partial charge in [0.1, 0.15) is 0 Å². The maximum atomic E-state index is 12.4. The van der Waals surface area contributed by atoms with E-state index in [4.69, 9.17) is 0 Å². The van der Waals surface area contributed by atoms with Crippen LogP contribution in [0.2, 0.25) is 0 Å². The highest BCUT2D eigenvalue weighted by Gasteiger charge is 2.31. The molecule has 1 unspecified atom stereocenters. The number of rotatable bonds is 6. The molecule has 7 nitrogen and oxygen atoms in total. The molecule has 0 spiro atoms. The zero-order valence-electron chi connectivity index (χ0n) is 12.0. The second-order valence-corrected chi connectivity index (χ2v) is 6.97. The van der Waals surface area contributed by atoms with Crippen LogP contribution in [0, 0.1) is 16.0 Å². The van der Waals surface area contributed by atoms with Crippen molar-refractivity contribution in [3.8, 4) is 0 Å². The first-order valence-electron chi connectivity index (χ1n) is 6.83. The molecule has 2 N–H and O–H groups in total. The predicted molar refractivity (Wildman–Crippen MR) is 79.8 cm³/mol. The molecule has 0 aromatic heterocycles. The molecule has 0 heterocycles. The number of sulfonamides is 1. The number of nitro groups is 1. The molecule has 1 atom stereocenters. The Hall–Kier alpha value is -1.67. The summed E-state index contributed by atoms with van der Waals surface area (Å²) >= 11 is 0. The molecule has 2 rings (SSSR count). The molecular weight excluding hydrogens is 294 g/mol. The van der Waals surface area contributed by atoms with Gasteiger partial charge in [0.2, 0.25) is 10.0 Å². The maximum absolute atomic E-state index is 12.4. The van der Waals surface area contributed by atoms with E-state index in [-0.39, 0.29) is 10.9 Å². The Morgan fingerprint density at radius 1 is 1.38 bits per heavy atom. The van der Waals surface area contributed by atoms with Gasteiger partial charge in [0.05, 0.1) is 4.92 Å². The summed E-state index contributed by atoms with van der Waals surface area (Å²) in [4.78, 5) is 10.1. The van der Waals surface area contributed by atoms with Crippen LogP contribution in [0.5, 0.6) is 0 Å². The summed E-state index contributed by atoms with van der Waals surface area (Å²) in [6, 6.07) is 3.75. The van der Waals surface area contributed by atoms with Gasteiger partial charge in [0.15, 0.2) is 4.90 Å². The Labute approximate surface area is 123 Å². The number of nitrogens with one attached hydrogen (secondary N) is 2. The van der Waals surface area contributed by atoms with Crippen LogP contribution in [0.15, 0.2) is 23.1 Å². The summed E-state index contributed by atoms with van der Waals surface area (Å²) < 4.78 is 27.4. The number of hydrogen-bond acceptors (Lipinski definition) is 5. The van der Waals surface area contributed by atoms with Crippen molar-refractivity contribution in [3.05, 3.63) is 28.3 Å². The Balaban J connectivity index is 2.35. The Morgan fingerprint density at radius 2 is 2.05 bits per heavy atom. The molecule has 116 valence electrons. The summed E-state index contributed by atoms with van der Waals surface area (Å²) in [6.07, 6.45) is 3.08. The normalized spacial score (nSPS) is 17.0. The van der Waals surface area contributed by atoms with Gasteiger partial charge in [-0.15, -0.1) is 0 Å². The monoisotopic (exact) mass is 313 g/mol. The summed E-state index contributed by atoms with van der Waals surface area (Å²) in [5.41, 5.74) is 0.0968. The van der Waals surface area contributed by atoms with Crippen molar-refractivity contribution < 1.29 is 13.3 Å². The molecule has 1 saturated carbocycles. The third-order valence-electron chi connectivity index (χ3n) is 3.93. The molecule has 8 heteroatoms. The first-order chi connectivity index (χ1) is 9.85. The van der Waals surface area contributed by atoms with Crippen molar-refractivity contribution >= 4 is 21.4 Å². The fraction of sp³-hybridized carbons (Fsp3) is 0.538. The van der Waals surface area contributed by atoms with Crippen LogP contribution in [0.1, 0.15) is 26.2 Å². The fourth-order valence-corrected chi connectivity index (χ4v) is 3.89. The SMILES string of the molecule is CNc1ccc([N+](=O)[O-])c(S(=O)(=O)NC(C)C2CCC2)c1. The van der Waals surface area contributed by atoms with E-state index in [1.165, 1.54) is 18.2 Å². The number of anilines is 1. The van der Waals surface area contributed by atoms with Crippen molar-refractivity contribution in [3.63, 3.8) is 0 Å². The fourth-order valence-electron chi connectivity index (χ4n) is 2.38. The number of nitrogens with zero attached hydrogens (tertiary/aromatic N) is 1. The molecule has 0 aliphatic heterocycles. The van der Waals surface area contributed by atoms with Crippen LogP contribution in [0.4, 0.5) is 11.4 Å². The van der Waals surface area contributed by atoms with Crippen molar-refractivity contribution in [2.45, 2.75) is 37.1 Å². The van der Waals surface area contributed by atoms with Gasteiger partial charge >= 0.3 is 0 Å². The molecule has 0 radical (unpaired) electrons. The molecule has 1 fully saturated rings. The number of benzene rings is 1. The molecule has 21 heavy (non-hydrogen) atoms.